The van der Waals surface area contributed by atoms with E-state index in [1.165, 1.54) is 0 Å². The van der Waals surface area contributed by atoms with Gasteiger partial charge in [-0.15, -0.1) is 0 Å². The molecule has 1 aromatic heterocycles. The van der Waals surface area contributed by atoms with E-state index in [0.717, 1.165) is 50.7 Å². The Bertz CT molecular complexity index is 987. The van der Waals surface area contributed by atoms with Gasteiger partial charge in [0, 0.05) is 6.20 Å². The van der Waals surface area contributed by atoms with Gasteiger partial charge >= 0.3 is 33.3 Å². The van der Waals surface area contributed by atoms with E-state index in [1.54, 1.807) is 6.20 Å². The number of hydrogen-bond donors (Lipinski definition) is 0. The van der Waals surface area contributed by atoms with Crippen molar-refractivity contribution in [3.05, 3.63) is 82.4 Å². The molecule has 3 rings (SSSR count). The number of halogens is 2. The summed E-state index contributed by atoms with van der Waals surface area (Å²) in [5.41, 5.74) is 9.04. The zero-order valence-electron chi connectivity index (χ0n) is 18.5. The summed E-state index contributed by atoms with van der Waals surface area (Å²) in [6, 6.07) is 14.3. The molecule has 0 amide bonds. The van der Waals surface area contributed by atoms with Crippen molar-refractivity contribution in [3.63, 3.8) is 0 Å². The second kappa shape index (κ2) is 12.1. The first-order valence-corrected chi connectivity index (χ1v) is 12.7. The van der Waals surface area contributed by atoms with E-state index in [2.05, 4.69) is 63.0 Å². The summed E-state index contributed by atoms with van der Waals surface area (Å²) in [4.78, 5) is 18.8. The Balaban J connectivity index is 0.00000107. The van der Waals surface area contributed by atoms with Crippen LogP contribution < -0.4 is 0 Å². The molecule has 0 spiro atoms. The molecule has 0 N–H and O–H groups in total. The van der Waals surface area contributed by atoms with Gasteiger partial charge in [0.25, 0.3) is 0 Å². The van der Waals surface area contributed by atoms with Gasteiger partial charge in [0.1, 0.15) is 0 Å². The summed E-state index contributed by atoms with van der Waals surface area (Å²) < 4.78 is 0. The Hall–Kier alpha value is -2.04. The predicted octanol–water partition coefficient (Wildman–Crippen LogP) is 7.37. The molecule has 0 bridgehead atoms. The Morgan fingerprint density at radius 2 is 1.16 bits per heavy atom. The molecule has 0 aliphatic heterocycles. The minimum absolute atomic E-state index is 0.194. The first-order valence-electron chi connectivity index (χ1n) is 9.70. The van der Waals surface area contributed by atoms with Crippen LogP contribution in [0.15, 0.2) is 58.6 Å². The fourth-order valence-electron chi connectivity index (χ4n) is 3.14. The van der Waals surface area contributed by atoms with Gasteiger partial charge in [0.2, 0.25) is 0 Å². The SMILES string of the molecule is CC(=Nc1c(C)cccc1C)c1ccnc(C(C)=Nc2c(C)cccc2C)n1.[Cl][Fe][Cl]. The maximum absolute atomic E-state index is 4.83. The molecule has 1 heterocycles. The quantitative estimate of drug-likeness (QED) is 0.279. The molecule has 0 saturated heterocycles. The van der Waals surface area contributed by atoms with Crippen molar-refractivity contribution in [1.29, 1.82) is 0 Å². The van der Waals surface area contributed by atoms with Crippen molar-refractivity contribution in [2.75, 3.05) is 0 Å². The third-order valence-electron chi connectivity index (χ3n) is 4.79. The first-order chi connectivity index (χ1) is 14.8. The molecule has 0 saturated carbocycles. The molecule has 3 aromatic rings. The van der Waals surface area contributed by atoms with Crippen LogP contribution in [0.5, 0.6) is 0 Å². The second-order valence-electron chi connectivity index (χ2n) is 7.19. The average molecular weight is 497 g/mol. The molecule has 2 aromatic carbocycles. The molecule has 0 radical (unpaired) electrons. The van der Waals surface area contributed by atoms with Crippen LogP contribution in [0, 0.1) is 27.7 Å². The third kappa shape index (κ3) is 6.98. The normalized spacial score (nSPS) is 11.9. The number of nitrogens with zero attached hydrogens (tertiary/aromatic N) is 4. The molecular weight excluding hydrogens is 471 g/mol. The second-order valence-corrected chi connectivity index (χ2v) is 9.01. The molecule has 0 fully saturated rings. The van der Waals surface area contributed by atoms with Crippen molar-refractivity contribution in [2.24, 2.45) is 9.98 Å². The van der Waals surface area contributed by atoms with Crippen LogP contribution in [-0.4, -0.2) is 21.4 Å². The summed E-state index contributed by atoms with van der Waals surface area (Å²) in [5, 5.41) is 0. The molecule has 0 unspecified atom stereocenters. The van der Waals surface area contributed by atoms with E-state index >= 15 is 0 Å². The van der Waals surface area contributed by atoms with Crippen molar-refractivity contribution in [1.82, 2.24) is 9.97 Å². The average Bonchev–Trinajstić information content (AvgIpc) is 2.74. The number of rotatable bonds is 4. The first kappa shape index (κ1) is 25.2. The van der Waals surface area contributed by atoms with Gasteiger partial charge in [-0.05, 0) is 69.9 Å². The van der Waals surface area contributed by atoms with E-state index in [-0.39, 0.29) is 13.1 Å². The fraction of sp³-hybridized carbons (Fsp3) is 0.250. The molecule has 0 aliphatic carbocycles. The molecule has 4 nitrogen and oxygen atoms in total. The van der Waals surface area contributed by atoms with Gasteiger partial charge in [0.05, 0.1) is 28.5 Å². The third-order valence-corrected chi connectivity index (χ3v) is 4.79. The van der Waals surface area contributed by atoms with Crippen LogP contribution in [0.25, 0.3) is 0 Å². The Labute approximate surface area is 199 Å². The maximum atomic E-state index is 4.83. The van der Waals surface area contributed by atoms with Crippen LogP contribution in [-0.2, 0) is 13.1 Å². The molecular formula is C24H26Cl2FeN4. The molecule has 0 aliphatic rings. The van der Waals surface area contributed by atoms with Crippen LogP contribution in [0.3, 0.4) is 0 Å². The van der Waals surface area contributed by atoms with Gasteiger partial charge in [-0.3, -0.25) is 4.99 Å². The summed E-state index contributed by atoms with van der Waals surface area (Å²) in [6.45, 7) is 12.2. The molecule has 164 valence electrons. The van der Waals surface area contributed by atoms with Crippen LogP contribution in [0.2, 0.25) is 0 Å². The zero-order chi connectivity index (χ0) is 23.0. The van der Waals surface area contributed by atoms with E-state index in [9.17, 15) is 0 Å². The van der Waals surface area contributed by atoms with Gasteiger partial charge in [0.15, 0.2) is 5.82 Å². The van der Waals surface area contributed by atoms with Gasteiger partial charge in [-0.1, -0.05) is 36.4 Å². The molecule has 31 heavy (non-hydrogen) atoms. The van der Waals surface area contributed by atoms with Gasteiger partial charge in [-0.2, -0.15) is 0 Å². The van der Waals surface area contributed by atoms with Crippen LogP contribution in [0.1, 0.15) is 47.6 Å². The van der Waals surface area contributed by atoms with Crippen molar-refractivity contribution in [2.45, 2.75) is 41.5 Å². The summed E-state index contributed by atoms with van der Waals surface area (Å²) in [5.74, 6) is 0.621. The summed E-state index contributed by atoms with van der Waals surface area (Å²) >= 11 is 0.194. The molecule has 7 heteroatoms. The van der Waals surface area contributed by atoms with Crippen LogP contribution in [0.4, 0.5) is 11.4 Å². The van der Waals surface area contributed by atoms with E-state index < -0.39 is 0 Å². The van der Waals surface area contributed by atoms with Crippen LogP contribution >= 0.6 is 20.2 Å². The minimum atomic E-state index is 0.194. The number of hydrogen-bond acceptors (Lipinski definition) is 4. The van der Waals surface area contributed by atoms with Crippen molar-refractivity contribution < 1.29 is 13.1 Å². The number of aryl methyl sites for hydroxylation is 4. The fourth-order valence-corrected chi connectivity index (χ4v) is 3.14. The van der Waals surface area contributed by atoms with Crippen molar-refractivity contribution >= 4 is 43.0 Å². The Morgan fingerprint density at radius 1 is 0.742 bits per heavy atom. The summed E-state index contributed by atoms with van der Waals surface area (Å²) in [7, 11) is 9.53. The standard InChI is InChI=1S/C24H26N4.2ClH.Fe/c1-15-9-7-10-16(2)22(15)26-19(5)21-13-14-25-24(28-21)20(6)27-23-17(3)11-8-12-18(23)4;;;/h7-14H,1-6H3;2*1H;/q;;;+2/p-2. The number of para-hydroxylation sites is 2. The monoisotopic (exact) mass is 496 g/mol. The van der Waals surface area contributed by atoms with Gasteiger partial charge < -0.3 is 0 Å². The Morgan fingerprint density at radius 3 is 1.61 bits per heavy atom. The zero-order valence-corrected chi connectivity index (χ0v) is 21.1. The topological polar surface area (TPSA) is 50.5 Å². The number of aliphatic imine (C=N–C) groups is 2. The summed E-state index contributed by atoms with van der Waals surface area (Å²) in [6.07, 6.45) is 1.77. The number of aromatic nitrogens is 2. The van der Waals surface area contributed by atoms with E-state index in [0.29, 0.717) is 5.82 Å². The Kier molecular flexibility index (Phi) is 9.86. The van der Waals surface area contributed by atoms with E-state index in [1.807, 2.05) is 26.0 Å². The predicted molar refractivity (Wildman–Crippen MR) is 129 cm³/mol. The van der Waals surface area contributed by atoms with E-state index in [4.69, 9.17) is 35.2 Å². The van der Waals surface area contributed by atoms with Crippen molar-refractivity contribution in [3.8, 4) is 0 Å². The number of benzene rings is 2. The molecule has 0 atom stereocenters. The van der Waals surface area contributed by atoms with Gasteiger partial charge in [-0.25, -0.2) is 15.0 Å².